The highest BCUT2D eigenvalue weighted by atomic mass is 16.3. The van der Waals surface area contributed by atoms with E-state index in [0.29, 0.717) is 18.8 Å². The molecule has 1 heterocycles. The van der Waals surface area contributed by atoms with Crippen molar-refractivity contribution in [3.63, 3.8) is 0 Å². The smallest absolute Gasteiger partial charge is 0.224 e. The summed E-state index contributed by atoms with van der Waals surface area (Å²) < 4.78 is 1.99. The fourth-order valence-corrected chi connectivity index (χ4v) is 2.27. The van der Waals surface area contributed by atoms with E-state index in [-0.39, 0.29) is 18.6 Å². The van der Waals surface area contributed by atoms with Crippen molar-refractivity contribution < 1.29 is 9.90 Å². The molecule has 0 fully saturated rings. The normalized spacial score (nSPS) is 12.8. The zero-order chi connectivity index (χ0) is 15.3. The zero-order valence-electron chi connectivity index (χ0n) is 13.2. The molecule has 114 valence electrons. The molecule has 5 heteroatoms. The second-order valence-corrected chi connectivity index (χ2v) is 5.88. The first-order valence-electron chi connectivity index (χ1n) is 7.28. The highest BCUT2D eigenvalue weighted by molar-refractivity contribution is 5.79. The van der Waals surface area contributed by atoms with Gasteiger partial charge in [-0.25, -0.2) is 0 Å². The molecule has 1 atom stereocenters. The maximum absolute atomic E-state index is 12.0. The Kier molecular flexibility index (Phi) is 6.20. The van der Waals surface area contributed by atoms with Crippen LogP contribution in [0.25, 0.3) is 0 Å². The van der Waals surface area contributed by atoms with E-state index in [9.17, 15) is 4.79 Å². The quantitative estimate of drug-likeness (QED) is 0.797. The molecule has 1 amide bonds. The summed E-state index contributed by atoms with van der Waals surface area (Å²) in [5.41, 5.74) is 3.01. The van der Waals surface area contributed by atoms with E-state index in [1.807, 2.05) is 25.5 Å². The molecule has 0 bridgehead atoms. The number of hydrogen-bond acceptors (Lipinski definition) is 3. The van der Waals surface area contributed by atoms with Gasteiger partial charge in [-0.3, -0.25) is 9.48 Å². The van der Waals surface area contributed by atoms with Gasteiger partial charge >= 0.3 is 0 Å². The van der Waals surface area contributed by atoms with Gasteiger partial charge in [-0.2, -0.15) is 5.10 Å². The van der Waals surface area contributed by atoms with E-state index >= 15 is 0 Å². The lowest BCUT2D eigenvalue weighted by atomic mass is 10.1. The molecule has 1 aromatic heterocycles. The number of aliphatic hydroxyl groups is 1. The van der Waals surface area contributed by atoms with Crippen LogP contribution in [-0.2, 0) is 17.8 Å². The third-order valence-electron chi connectivity index (χ3n) is 3.38. The van der Waals surface area contributed by atoms with Crippen molar-refractivity contribution in [2.75, 3.05) is 6.61 Å². The van der Waals surface area contributed by atoms with Crippen LogP contribution in [0.4, 0.5) is 0 Å². The van der Waals surface area contributed by atoms with Gasteiger partial charge in [0.25, 0.3) is 0 Å². The van der Waals surface area contributed by atoms with Gasteiger partial charge in [-0.1, -0.05) is 13.8 Å². The van der Waals surface area contributed by atoms with Gasteiger partial charge in [0.1, 0.15) is 0 Å². The molecular formula is C15H27N3O2. The standard InChI is InChI=1S/C15H27N3O2/c1-10(2)9-18-13(5)14(12(4)17-18)8-15(20)16-11(3)6-7-19/h10-11,19H,6-9H2,1-5H3,(H,16,20). The van der Waals surface area contributed by atoms with E-state index in [2.05, 4.69) is 24.3 Å². The third kappa shape index (κ3) is 4.63. The average molecular weight is 281 g/mol. The molecule has 0 saturated carbocycles. The summed E-state index contributed by atoms with van der Waals surface area (Å²) in [4.78, 5) is 12.0. The van der Waals surface area contributed by atoms with Crippen molar-refractivity contribution in [1.29, 1.82) is 0 Å². The van der Waals surface area contributed by atoms with E-state index in [0.717, 1.165) is 23.5 Å². The first-order chi connectivity index (χ1) is 9.35. The number of rotatable bonds is 7. The summed E-state index contributed by atoms with van der Waals surface area (Å²) >= 11 is 0. The molecule has 0 radical (unpaired) electrons. The molecular weight excluding hydrogens is 254 g/mol. The molecule has 0 spiro atoms. The van der Waals surface area contributed by atoms with Crippen LogP contribution >= 0.6 is 0 Å². The number of amides is 1. The molecule has 1 unspecified atom stereocenters. The van der Waals surface area contributed by atoms with Crippen LogP contribution in [0.2, 0.25) is 0 Å². The first kappa shape index (κ1) is 16.7. The first-order valence-corrected chi connectivity index (χ1v) is 7.28. The van der Waals surface area contributed by atoms with Crippen LogP contribution in [0.15, 0.2) is 0 Å². The van der Waals surface area contributed by atoms with Crippen molar-refractivity contribution in [2.24, 2.45) is 5.92 Å². The molecule has 0 aliphatic rings. The van der Waals surface area contributed by atoms with Gasteiger partial charge in [-0.15, -0.1) is 0 Å². The number of aromatic nitrogens is 2. The van der Waals surface area contributed by atoms with Crippen molar-refractivity contribution in [3.8, 4) is 0 Å². The average Bonchev–Trinajstić information content (AvgIpc) is 2.56. The van der Waals surface area contributed by atoms with Crippen molar-refractivity contribution >= 4 is 5.91 Å². The lowest BCUT2D eigenvalue weighted by Crippen LogP contribution is -2.34. The van der Waals surface area contributed by atoms with E-state index in [1.54, 1.807) is 0 Å². The van der Waals surface area contributed by atoms with Gasteiger partial charge in [0, 0.05) is 30.5 Å². The van der Waals surface area contributed by atoms with Gasteiger partial charge in [0.05, 0.1) is 12.1 Å². The SMILES string of the molecule is Cc1nn(CC(C)C)c(C)c1CC(=O)NC(C)CCO. The number of nitrogens with zero attached hydrogens (tertiary/aromatic N) is 2. The van der Waals surface area contributed by atoms with Gasteiger partial charge < -0.3 is 10.4 Å². The summed E-state index contributed by atoms with van der Waals surface area (Å²) in [5.74, 6) is 0.514. The number of carbonyl (C=O) groups excluding carboxylic acids is 1. The Balaban J connectivity index is 2.72. The van der Waals surface area contributed by atoms with Crippen LogP contribution in [0.3, 0.4) is 0 Å². The molecule has 1 rings (SSSR count). The fourth-order valence-electron chi connectivity index (χ4n) is 2.27. The van der Waals surface area contributed by atoms with Crippen molar-refractivity contribution in [3.05, 3.63) is 17.0 Å². The van der Waals surface area contributed by atoms with Gasteiger partial charge in [0.2, 0.25) is 5.91 Å². The summed E-state index contributed by atoms with van der Waals surface area (Å²) in [6.45, 7) is 11.1. The Hall–Kier alpha value is -1.36. The zero-order valence-corrected chi connectivity index (χ0v) is 13.2. The number of hydrogen-bond donors (Lipinski definition) is 2. The van der Waals surface area contributed by atoms with Crippen molar-refractivity contribution in [2.45, 2.75) is 60.0 Å². The Morgan fingerprint density at radius 2 is 2.00 bits per heavy atom. The second kappa shape index (κ2) is 7.43. The number of nitrogens with one attached hydrogen (secondary N) is 1. The molecule has 0 aliphatic carbocycles. The molecule has 0 aliphatic heterocycles. The maximum Gasteiger partial charge on any atom is 0.224 e. The van der Waals surface area contributed by atoms with Crippen LogP contribution in [-0.4, -0.2) is 33.4 Å². The molecule has 0 aromatic carbocycles. The summed E-state index contributed by atoms with van der Waals surface area (Å²) in [6.07, 6.45) is 0.932. The van der Waals surface area contributed by atoms with E-state index < -0.39 is 0 Å². The van der Waals surface area contributed by atoms with Gasteiger partial charge in [-0.05, 0) is 33.1 Å². The summed E-state index contributed by atoms with van der Waals surface area (Å²) in [5, 5.41) is 16.3. The molecule has 20 heavy (non-hydrogen) atoms. The van der Waals surface area contributed by atoms with Crippen LogP contribution in [0, 0.1) is 19.8 Å². The number of aryl methyl sites for hydroxylation is 1. The predicted octanol–water partition coefficient (Wildman–Crippen LogP) is 1.59. The third-order valence-corrected chi connectivity index (χ3v) is 3.38. The minimum absolute atomic E-state index is 0.00109. The highest BCUT2D eigenvalue weighted by Crippen LogP contribution is 2.15. The van der Waals surface area contributed by atoms with E-state index in [1.165, 1.54) is 0 Å². The molecule has 1 aromatic rings. The Morgan fingerprint density at radius 3 is 2.55 bits per heavy atom. The molecule has 5 nitrogen and oxygen atoms in total. The topological polar surface area (TPSA) is 67.2 Å². The predicted molar refractivity (Wildman–Crippen MR) is 79.6 cm³/mol. The largest absolute Gasteiger partial charge is 0.396 e. The minimum atomic E-state index is -0.0127. The van der Waals surface area contributed by atoms with Crippen molar-refractivity contribution in [1.82, 2.24) is 15.1 Å². The Labute approximate surface area is 121 Å². The Morgan fingerprint density at radius 1 is 1.35 bits per heavy atom. The fraction of sp³-hybridized carbons (Fsp3) is 0.733. The van der Waals surface area contributed by atoms with Crippen LogP contribution in [0.5, 0.6) is 0 Å². The molecule has 0 saturated heterocycles. The molecule has 2 N–H and O–H groups in total. The van der Waals surface area contributed by atoms with Gasteiger partial charge in [0.15, 0.2) is 0 Å². The number of carbonyl (C=O) groups is 1. The van der Waals surface area contributed by atoms with Crippen LogP contribution in [0.1, 0.15) is 44.1 Å². The Bertz CT molecular complexity index is 452. The number of aliphatic hydroxyl groups excluding tert-OH is 1. The maximum atomic E-state index is 12.0. The van der Waals surface area contributed by atoms with Crippen LogP contribution < -0.4 is 5.32 Å². The monoisotopic (exact) mass is 281 g/mol. The second-order valence-electron chi connectivity index (χ2n) is 5.88. The lowest BCUT2D eigenvalue weighted by molar-refractivity contribution is -0.121. The van der Waals surface area contributed by atoms with E-state index in [4.69, 9.17) is 5.11 Å². The summed E-state index contributed by atoms with van der Waals surface area (Å²) in [7, 11) is 0. The minimum Gasteiger partial charge on any atom is -0.396 e. The lowest BCUT2D eigenvalue weighted by Gasteiger charge is -2.12. The summed E-state index contributed by atoms with van der Waals surface area (Å²) in [6, 6.07) is -0.00109. The highest BCUT2D eigenvalue weighted by Gasteiger charge is 2.16.